The zero-order valence-corrected chi connectivity index (χ0v) is 14.6. The highest BCUT2D eigenvalue weighted by atomic mass is 32.2. The average molecular weight is 348 g/mol. The Morgan fingerprint density at radius 3 is 2.71 bits per heavy atom. The molecule has 6 heteroatoms. The molecule has 0 saturated carbocycles. The lowest BCUT2D eigenvalue weighted by Gasteiger charge is -2.19. The summed E-state index contributed by atoms with van der Waals surface area (Å²) in [4.78, 5) is 18.5. The van der Waals surface area contributed by atoms with Gasteiger partial charge in [0.1, 0.15) is 10.8 Å². The van der Waals surface area contributed by atoms with Gasteiger partial charge in [-0.1, -0.05) is 12.1 Å². The average Bonchev–Trinajstić information content (AvgIpc) is 2.58. The van der Waals surface area contributed by atoms with Crippen molar-refractivity contribution in [1.82, 2.24) is 9.88 Å². The molecule has 2 rings (SSSR count). The van der Waals surface area contributed by atoms with E-state index in [1.807, 2.05) is 0 Å². The number of benzene rings is 1. The van der Waals surface area contributed by atoms with E-state index >= 15 is 0 Å². The van der Waals surface area contributed by atoms with Gasteiger partial charge in [0.25, 0.3) is 5.91 Å². The third kappa shape index (κ3) is 5.32. The number of rotatable bonds is 7. The van der Waals surface area contributed by atoms with Gasteiger partial charge in [0.05, 0.1) is 11.7 Å². The van der Waals surface area contributed by atoms with Crippen LogP contribution in [-0.4, -0.2) is 40.6 Å². The van der Waals surface area contributed by atoms with Crippen molar-refractivity contribution in [1.29, 1.82) is 0 Å². The Balaban J connectivity index is 2.06. The van der Waals surface area contributed by atoms with Crippen LogP contribution < -0.4 is 0 Å². The van der Waals surface area contributed by atoms with Gasteiger partial charge in [-0.2, -0.15) is 0 Å². The Kier molecular flexibility index (Phi) is 6.75. The van der Waals surface area contributed by atoms with Gasteiger partial charge in [-0.15, -0.1) is 11.8 Å². The summed E-state index contributed by atoms with van der Waals surface area (Å²) in [6.45, 7) is 2.18. The fourth-order valence-corrected chi connectivity index (χ4v) is 3.03. The van der Waals surface area contributed by atoms with Crippen LogP contribution in [0.15, 0.2) is 47.6 Å². The van der Waals surface area contributed by atoms with Crippen LogP contribution in [-0.2, 0) is 5.75 Å². The van der Waals surface area contributed by atoms with Gasteiger partial charge in [-0.05, 0) is 43.2 Å². The number of hydrogen-bond donors (Lipinski definition) is 1. The lowest BCUT2D eigenvalue weighted by atomic mass is 10.2. The van der Waals surface area contributed by atoms with E-state index in [9.17, 15) is 14.3 Å². The van der Waals surface area contributed by atoms with E-state index in [0.29, 0.717) is 29.3 Å². The summed E-state index contributed by atoms with van der Waals surface area (Å²) >= 11 is 1.45. The van der Waals surface area contributed by atoms with Crippen molar-refractivity contribution in [2.24, 2.45) is 0 Å². The summed E-state index contributed by atoms with van der Waals surface area (Å²) in [5.74, 6) is 0.220. The molecule has 0 aliphatic carbocycles. The molecule has 128 valence electrons. The Labute approximate surface area is 145 Å². The number of carbonyl (C=O) groups excluding carboxylic acids is 1. The third-order valence-corrected chi connectivity index (χ3v) is 4.60. The second kappa shape index (κ2) is 8.80. The first-order valence-corrected chi connectivity index (χ1v) is 8.71. The van der Waals surface area contributed by atoms with Crippen LogP contribution in [0.3, 0.4) is 0 Å². The first-order valence-electron chi connectivity index (χ1n) is 7.73. The SMILES string of the molecule is CC(O)CCN(C)C(=O)c1cccnc1SCc1ccc(F)cc1. The molecule has 1 aromatic carbocycles. The lowest BCUT2D eigenvalue weighted by molar-refractivity contribution is 0.0765. The number of aromatic nitrogens is 1. The molecular weight excluding hydrogens is 327 g/mol. The normalized spacial score (nSPS) is 12.0. The first kappa shape index (κ1) is 18.4. The van der Waals surface area contributed by atoms with Crippen LogP contribution in [0.2, 0.25) is 0 Å². The highest BCUT2D eigenvalue weighted by Crippen LogP contribution is 2.25. The molecule has 1 unspecified atom stereocenters. The highest BCUT2D eigenvalue weighted by Gasteiger charge is 2.17. The van der Waals surface area contributed by atoms with Crippen LogP contribution in [0.5, 0.6) is 0 Å². The van der Waals surface area contributed by atoms with Crippen LogP contribution >= 0.6 is 11.8 Å². The van der Waals surface area contributed by atoms with E-state index in [1.165, 1.54) is 23.9 Å². The Morgan fingerprint density at radius 2 is 2.04 bits per heavy atom. The molecule has 0 aliphatic heterocycles. The molecular formula is C18H21FN2O2S. The van der Waals surface area contributed by atoms with Gasteiger partial charge in [0, 0.05) is 25.5 Å². The number of halogens is 1. The Morgan fingerprint density at radius 1 is 1.33 bits per heavy atom. The summed E-state index contributed by atoms with van der Waals surface area (Å²) < 4.78 is 13.0. The summed E-state index contributed by atoms with van der Waals surface area (Å²) in [5.41, 5.74) is 1.51. The molecule has 1 aromatic heterocycles. The summed E-state index contributed by atoms with van der Waals surface area (Å²) in [5, 5.41) is 10.0. The summed E-state index contributed by atoms with van der Waals surface area (Å²) in [7, 11) is 1.71. The fraction of sp³-hybridized carbons (Fsp3) is 0.333. The lowest BCUT2D eigenvalue weighted by Crippen LogP contribution is -2.30. The van der Waals surface area contributed by atoms with Crippen LogP contribution in [0.25, 0.3) is 0 Å². The van der Waals surface area contributed by atoms with Gasteiger partial charge >= 0.3 is 0 Å². The molecule has 4 nitrogen and oxygen atoms in total. The Hall–Kier alpha value is -1.92. The fourth-order valence-electron chi connectivity index (χ4n) is 2.09. The largest absolute Gasteiger partial charge is 0.393 e. The molecule has 0 radical (unpaired) electrons. The monoisotopic (exact) mass is 348 g/mol. The number of nitrogens with zero attached hydrogens (tertiary/aromatic N) is 2. The maximum Gasteiger partial charge on any atom is 0.256 e. The van der Waals surface area contributed by atoms with Gasteiger partial charge in [0.15, 0.2) is 0 Å². The standard InChI is InChI=1S/C18H21FN2O2S/c1-13(22)9-11-21(2)18(23)16-4-3-10-20-17(16)24-12-14-5-7-15(19)8-6-14/h3-8,10,13,22H,9,11-12H2,1-2H3. The topological polar surface area (TPSA) is 53.4 Å². The van der Waals surface area contributed by atoms with Crippen molar-refractivity contribution in [3.05, 3.63) is 59.5 Å². The zero-order chi connectivity index (χ0) is 17.5. The van der Waals surface area contributed by atoms with Crippen molar-refractivity contribution < 1.29 is 14.3 Å². The molecule has 1 heterocycles. The molecule has 0 saturated heterocycles. The van der Waals surface area contributed by atoms with Crippen molar-refractivity contribution in [2.75, 3.05) is 13.6 Å². The van der Waals surface area contributed by atoms with E-state index in [4.69, 9.17) is 0 Å². The van der Waals surface area contributed by atoms with Crippen LogP contribution in [0, 0.1) is 5.82 Å². The van der Waals surface area contributed by atoms with Crippen LogP contribution in [0.1, 0.15) is 29.3 Å². The van der Waals surface area contributed by atoms with Crippen molar-refractivity contribution >= 4 is 17.7 Å². The van der Waals surface area contributed by atoms with E-state index in [0.717, 1.165) is 5.56 Å². The maximum atomic E-state index is 13.0. The third-order valence-electron chi connectivity index (χ3n) is 3.52. The van der Waals surface area contributed by atoms with E-state index in [2.05, 4.69) is 4.98 Å². The van der Waals surface area contributed by atoms with Gasteiger partial charge in [-0.3, -0.25) is 4.79 Å². The smallest absolute Gasteiger partial charge is 0.256 e. The predicted octanol–water partition coefficient (Wildman–Crippen LogP) is 3.36. The first-order chi connectivity index (χ1) is 11.5. The highest BCUT2D eigenvalue weighted by molar-refractivity contribution is 7.98. The second-order valence-electron chi connectivity index (χ2n) is 5.64. The van der Waals surface area contributed by atoms with Crippen molar-refractivity contribution in [3.8, 4) is 0 Å². The molecule has 0 spiro atoms. The number of aliphatic hydroxyl groups is 1. The number of hydrogen-bond acceptors (Lipinski definition) is 4. The van der Waals surface area contributed by atoms with Gasteiger partial charge < -0.3 is 10.0 Å². The van der Waals surface area contributed by atoms with Gasteiger partial charge in [-0.25, -0.2) is 9.37 Å². The molecule has 2 aromatic rings. The number of amides is 1. The van der Waals surface area contributed by atoms with E-state index in [-0.39, 0.29) is 11.7 Å². The second-order valence-corrected chi connectivity index (χ2v) is 6.60. The van der Waals surface area contributed by atoms with Gasteiger partial charge in [0.2, 0.25) is 0 Å². The number of thioether (sulfide) groups is 1. The molecule has 1 N–H and O–H groups in total. The van der Waals surface area contributed by atoms with E-state index in [1.54, 1.807) is 49.3 Å². The van der Waals surface area contributed by atoms with Crippen LogP contribution in [0.4, 0.5) is 4.39 Å². The molecule has 24 heavy (non-hydrogen) atoms. The minimum absolute atomic E-state index is 0.120. The Bertz CT molecular complexity index is 677. The summed E-state index contributed by atoms with van der Waals surface area (Å²) in [6.07, 6.45) is 1.74. The zero-order valence-electron chi connectivity index (χ0n) is 13.8. The maximum absolute atomic E-state index is 13.0. The van der Waals surface area contributed by atoms with Crippen molar-refractivity contribution in [2.45, 2.75) is 30.2 Å². The summed E-state index contributed by atoms with van der Waals surface area (Å²) in [6, 6.07) is 9.77. The molecule has 0 bridgehead atoms. The molecule has 0 aliphatic rings. The minimum Gasteiger partial charge on any atom is -0.393 e. The van der Waals surface area contributed by atoms with Crippen molar-refractivity contribution in [3.63, 3.8) is 0 Å². The number of pyridine rings is 1. The number of aliphatic hydroxyl groups excluding tert-OH is 1. The molecule has 1 atom stereocenters. The molecule has 1 amide bonds. The predicted molar refractivity (Wildman–Crippen MR) is 93.5 cm³/mol. The van der Waals surface area contributed by atoms with E-state index < -0.39 is 6.10 Å². The number of carbonyl (C=O) groups is 1. The molecule has 0 fully saturated rings. The quantitative estimate of drug-likeness (QED) is 0.780. The minimum atomic E-state index is -0.443.